The van der Waals surface area contributed by atoms with Gasteiger partial charge in [0.25, 0.3) is 5.91 Å². The number of carbonyl (C=O) groups excluding carboxylic acids is 2. The minimum atomic E-state index is -1.28. The van der Waals surface area contributed by atoms with Crippen LogP contribution in [0.5, 0.6) is 0 Å². The molecule has 1 N–H and O–H groups in total. The van der Waals surface area contributed by atoms with Gasteiger partial charge in [-0.1, -0.05) is 18.2 Å². The molecule has 6 rings (SSSR count). The molecule has 1 fully saturated rings. The van der Waals surface area contributed by atoms with Crippen molar-refractivity contribution in [1.29, 1.82) is 0 Å². The van der Waals surface area contributed by atoms with Crippen LogP contribution in [0.1, 0.15) is 90.4 Å². The van der Waals surface area contributed by atoms with Gasteiger partial charge in [-0.2, -0.15) is 0 Å². The molecule has 1 aromatic heterocycles. The molecule has 2 amide bonds. The first kappa shape index (κ1) is 28.9. The summed E-state index contributed by atoms with van der Waals surface area (Å²) in [6.07, 6.45) is 4.57. The molecule has 0 spiro atoms. The molecule has 3 aromatic rings. The molecule has 0 bridgehead atoms. The second-order valence-corrected chi connectivity index (χ2v) is 12.8. The lowest BCUT2D eigenvalue weighted by molar-refractivity contribution is -0.142. The van der Waals surface area contributed by atoms with E-state index in [0.29, 0.717) is 30.8 Å². The zero-order valence-electron chi connectivity index (χ0n) is 25.0. The molecule has 1 unspecified atom stereocenters. The van der Waals surface area contributed by atoms with Gasteiger partial charge in [0.1, 0.15) is 11.4 Å². The normalized spacial score (nSPS) is 17.7. The van der Waals surface area contributed by atoms with Crippen molar-refractivity contribution in [2.45, 2.75) is 84.0 Å². The summed E-state index contributed by atoms with van der Waals surface area (Å²) in [7, 11) is 0. The van der Waals surface area contributed by atoms with Gasteiger partial charge in [-0.25, -0.2) is 19.0 Å². The third kappa shape index (κ3) is 5.39. The Morgan fingerprint density at radius 3 is 2.51 bits per heavy atom. The van der Waals surface area contributed by atoms with Gasteiger partial charge in [-0.05, 0) is 93.7 Å². The zero-order valence-corrected chi connectivity index (χ0v) is 25.0. The van der Waals surface area contributed by atoms with E-state index in [1.165, 1.54) is 11.0 Å². The van der Waals surface area contributed by atoms with E-state index >= 15 is 4.39 Å². The summed E-state index contributed by atoms with van der Waals surface area (Å²) in [4.78, 5) is 45.8. The Labute approximate surface area is 250 Å². The number of aryl methyl sites for hydroxylation is 2. The van der Waals surface area contributed by atoms with Crippen molar-refractivity contribution in [3.05, 3.63) is 76.1 Å². The molecule has 43 heavy (non-hydrogen) atoms. The highest BCUT2D eigenvalue weighted by atomic mass is 19.1. The molecule has 0 aliphatic carbocycles. The van der Waals surface area contributed by atoms with Crippen LogP contribution in [0.15, 0.2) is 36.7 Å². The molecule has 0 saturated carbocycles. The van der Waals surface area contributed by atoms with Gasteiger partial charge in [0.2, 0.25) is 0 Å². The van der Waals surface area contributed by atoms with E-state index in [1.807, 2.05) is 44.4 Å². The third-order valence-electron chi connectivity index (χ3n) is 8.79. The van der Waals surface area contributed by atoms with Crippen molar-refractivity contribution in [2.75, 3.05) is 13.1 Å². The molecule has 3 aliphatic rings. The zero-order chi connectivity index (χ0) is 30.6. The molecule has 1 atom stereocenters. The van der Waals surface area contributed by atoms with Gasteiger partial charge >= 0.3 is 12.1 Å². The first-order valence-electron chi connectivity index (χ1n) is 14.9. The lowest BCUT2D eigenvalue weighted by atomic mass is 9.86. The Kier molecular flexibility index (Phi) is 7.26. The number of halogens is 1. The van der Waals surface area contributed by atoms with E-state index in [9.17, 15) is 19.5 Å². The number of piperidine rings is 1. The largest absolute Gasteiger partial charge is 0.479 e. The quantitative estimate of drug-likeness (QED) is 0.402. The Morgan fingerprint density at radius 2 is 1.84 bits per heavy atom. The van der Waals surface area contributed by atoms with E-state index in [-0.39, 0.29) is 29.7 Å². The van der Waals surface area contributed by atoms with Crippen molar-refractivity contribution in [3.8, 4) is 11.1 Å². The Bertz CT molecular complexity index is 1620. The van der Waals surface area contributed by atoms with E-state index in [1.54, 1.807) is 17.3 Å². The van der Waals surface area contributed by atoms with Crippen LogP contribution in [0.2, 0.25) is 0 Å². The van der Waals surface area contributed by atoms with Crippen LogP contribution in [0.3, 0.4) is 0 Å². The number of nitrogens with zero attached hydrogens (tertiary/aromatic N) is 4. The second-order valence-electron chi connectivity index (χ2n) is 12.8. The number of amides is 2. The highest BCUT2D eigenvalue weighted by molar-refractivity contribution is 6.01. The van der Waals surface area contributed by atoms with E-state index < -0.39 is 29.3 Å². The van der Waals surface area contributed by atoms with Crippen LogP contribution in [0.25, 0.3) is 11.1 Å². The maximum Gasteiger partial charge on any atom is 0.410 e. The molecule has 3 aliphatic heterocycles. The standard InChI is InChI=1S/C33H37FN4O5/c1-19-14-21(20-9-12-36(13-10-20)32(42)43-33(2,3)4)7-8-23(19)22-15-24-25(26(34)16-22)17-38(30(24)39)29(31(40)41)28-27-6-5-11-37(27)18-35-28/h7-8,14-16,18,20,29H,5-6,9-13,17H2,1-4H3,(H,40,41). The van der Waals surface area contributed by atoms with Gasteiger partial charge in [0.15, 0.2) is 6.04 Å². The smallest absolute Gasteiger partial charge is 0.410 e. The summed E-state index contributed by atoms with van der Waals surface area (Å²) in [6, 6.07) is 7.93. The third-order valence-corrected chi connectivity index (χ3v) is 8.79. The Morgan fingerprint density at radius 1 is 1.09 bits per heavy atom. The van der Waals surface area contributed by atoms with Crippen LogP contribution >= 0.6 is 0 Å². The summed E-state index contributed by atoms with van der Waals surface area (Å²) in [6.45, 7) is 9.43. The molecule has 0 radical (unpaired) electrons. The number of benzene rings is 2. The molecule has 10 heteroatoms. The van der Waals surface area contributed by atoms with Crippen molar-refractivity contribution >= 4 is 18.0 Å². The van der Waals surface area contributed by atoms with Gasteiger partial charge in [0, 0.05) is 36.5 Å². The number of rotatable bonds is 5. The number of hydrogen-bond donors (Lipinski definition) is 1. The lowest BCUT2D eigenvalue weighted by Crippen LogP contribution is -2.41. The van der Waals surface area contributed by atoms with E-state index in [2.05, 4.69) is 11.1 Å². The van der Waals surface area contributed by atoms with Gasteiger partial charge in [0.05, 0.1) is 18.6 Å². The number of imidazole rings is 1. The van der Waals surface area contributed by atoms with Crippen LogP contribution in [-0.2, 0) is 29.0 Å². The molecule has 2 aromatic carbocycles. The predicted octanol–water partition coefficient (Wildman–Crippen LogP) is 5.84. The van der Waals surface area contributed by atoms with Crippen LogP contribution in [0.4, 0.5) is 9.18 Å². The summed E-state index contributed by atoms with van der Waals surface area (Å²) < 4.78 is 23.0. The Hall–Kier alpha value is -4.21. The number of carboxylic acids is 1. The number of carbonyl (C=O) groups is 3. The van der Waals surface area contributed by atoms with Crippen LogP contribution in [-0.4, -0.2) is 61.1 Å². The minimum Gasteiger partial charge on any atom is -0.479 e. The number of hydrogen-bond acceptors (Lipinski definition) is 5. The highest BCUT2D eigenvalue weighted by Gasteiger charge is 2.42. The lowest BCUT2D eigenvalue weighted by Gasteiger charge is -2.33. The number of ether oxygens (including phenoxy) is 1. The molecule has 4 heterocycles. The van der Waals surface area contributed by atoms with Crippen molar-refractivity contribution < 1.29 is 28.6 Å². The fourth-order valence-electron chi connectivity index (χ4n) is 6.67. The first-order chi connectivity index (χ1) is 20.4. The van der Waals surface area contributed by atoms with Crippen LogP contribution < -0.4 is 0 Å². The molecule has 226 valence electrons. The summed E-state index contributed by atoms with van der Waals surface area (Å²) in [5.74, 6) is -1.93. The monoisotopic (exact) mass is 588 g/mol. The fraction of sp³-hybridized carbons (Fsp3) is 0.455. The van der Waals surface area contributed by atoms with E-state index in [0.717, 1.165) is 48.2 Å². The van der Waals surface area contributed by atoms with E-state index in [4.69, 9.17) is 4.74 Å². The minimum absolute atomic E-state index is 0.122. The fourth-order valence-corrected chi connectivity index (χ4v) is 6.67. The van der Waals surface area contributed by atoms with Gasteiger partial charge in [-0.3, -0.25) is 4.79 Å². The summed E-state index contributed by atoms with van der Waals surface area (Å²) in [5, 5.41) is 10.1. The highest BCUT2D eigenvalue weighted by Crippen LogP contribution is 2.38. The van der Waals surface area contributed by atoms with Crippen molar-refractivity contribution in [1.82, 2.24) is 19.4 Å². The molecular formula is C33H37FN4O5. The molecular weight excluding hydrogens is 551 g/mol. The SMILES string of the molecule is Cc1cc(C2CCN(C(=O)OC(C)(C)C)CC2)ccc1-c1cc(F)c2c(c1)C(=O)N(C(C(=O)O)c1ncn3c1CCC3)C2. The Balaban J connectivity index is 1.21. The molecule has 1 saturated heterocycles. The topological polar surface area (TPSA) is 105 Å². The van der Waals surface area contributed by atoms with Crippen LogP contribution in [0, 0.1) is 12.7 Å². The maximum atomic E-state index is 15.5. The summed E-state index contributed by atoms with van der Waals surface area (Å²) in [5.41, 5.74) is 4.54. The second kappa shape index (κ2) is 10.8. The number of aliphatic carboxylic acids is 1. The number of fused-ring (bicyclic) bond motifs is 2. The predicted molar refractivity (Wildman–Crippen MR) is 157 cm³/mol. The van der Waals surface area contributed by atoms with Gasteiger partial charge in [-0.15, -0.1) is 0 Å². The average molecular weight is 589 g/mol. The number of aromatic nitrogens is 2. The van der Waals surface area contributed by atoms with Gasteiger partial charge < -0.3 is 24.2 Å². The average Bonchev–Trinajstić information content (AvgIpc) is 3.65. The molecule has 9 nitrogen and oxygen atoms in total. The van der Waals surface area contributed by atoms with Crippen molar-refractivity contribution in [3.63, 3.8) is 0 Å². The number of likely N-dealkylation sites (tertiary alicyclic amines) is 1. The van der Waals surface area contributed by atoms with Crippen molar-refractivity contribution in [2.24, 2.45) is 0 Å². The first-order valence-corrected chi connectivity index (χ1v) is 14.9. The summed E-state index contributed by atoms with van der Waals surface area (Å²) >= 11 is 0. The number of carboxylic acid groups (broad SMARTS) is 1. The maximum absolute atomic E-state index is 15.5.